The number of hydrogen-bond donors (Lipinski definition) is 0. The molecule has 0 fully saturated rings. The third-order valence-corrected chi connectivity index (χ3v) is 2.02. The molecule has 0 bridgehead atoms. The van der Waals surface area contributed by atoms with E-state index in [0.717, 1.165) is 17.5 Å². The van der Waals surface area contributed by atoms with Crippen LogP contribution < -0.4 is 0 Å². The topological polar surface area (TPSA) is 72.5 Å². The van der Waals surface area contributed by atoms with Crippen LogP contribution in [0.5, 0.6) is 0 Å². The van der Waals surface area contributed by atoms with Crippen molar-refractivity contribution in [1.82, 2.24) is 0 Å². The van der Waals surface area contributed by atoms with Crippen LogP contribution in [0, 0.1) is 11.3 Å². The number of aryl methyl sites for hydroxylation is 1. The van der Waals surface area contributed by atoms with Crippen molar-refractivity contribution in [2.45, 2.75) is 19.9 Å². The second-order valence-electron chi connectivity index (χ2n) is 2.84. The number of azide groups is 1. The minimum atomic E-state index is 0.353. The van der Waals surface area contributed by atoms with Gasteiger partial charge < -0.3 is 0 Å². The Kier molecular flexibility index (Phi) is 3.54. The Morgan fingerprint density at radius 3 is 2.86 bits per heavy atom. The van der Waals surface area contributed by atoms with Gasteiger partial charge in [0.15, 0.2) is 0 Å². The molecule has 0 N–H and O–H groups in total. The first-order chi connectivity index (χ1) is 6.81. The first-order valence-electron chi connectivity index (χ1n) is 4.34. The fraction of sp³-hybridized carbons (Fsp3) is 0.300. The lowest BCUT2D eigenvalue weighted by molar-refractivity contribution is 0.989. The largest absolute Gasteiger partial charge is 0.192 e. The molecule has 1 rings (SSSR count). The van der Waals surface area contributed by atoms with E-state index in [1.54, 1.807) is 6.07 Å². The number of benzene rings is 1. The van der Waals surface area contributed by atoms with Gasteiger partial charge in [-0.1, -0.05) is 18.1 Å². The summed E-state index contributed by atoms with van der Waals surface area (Å²) in [6.45, 7) is 2.36. The summed E-state index contributed by atoms with van der Waals surface area (Å²) < 4.78 is 0. The van der Waals surface area contributed by atoms with Crippen LogP contribution in [0.2, 0.25) is 0 Å². The quantitative estimate of drug-likeness (QED) is 0.406. The molecule has 4 heteroatoms. The third kappa shape index (κ3) is 2.25. The predicted molar refractivity (Wildman–Crippen MR) is 53.4 cm³/mol. The molecule has 0 saturated carbocycles. The molecule has 0 aliphatic heterocycles. The van der Waals surface area contributed by atoms with Crippen LogP contribution in [0.3, 0.4) is 0 Å². The van der Waals surface area contributed by atoms with Crippen molar-refractivity contribution in [3.05, 3.63) is 45.3 Å². The van der Waals surface area contributed by atoms with Gasteiger partial charge in [-0.05, 0) is 35.2 Å². The molecule has 14 heavy (non-hydrogen) atoms. The van der Waals surface area contributed by atoms with E-state index >= 15 is 0 Å². The minimum Gasteiger partial charge on any atom is -0.192 e. The number of nitriles is 1. The lowest BCUT2D eigenvalue weighted by Gasteiger charge is -2.04. The van der Waals surface area contributed by atoms with Crippen LogP contribution in [0.1, 0.15) is 23.6 Å². The number of rotatable bonds is 3. The zero-order valence-electron chi connectivity index (χ0n) is 7.94. The van der Waals surface area contributed by atoms with E-state index in [-0.39, 0.29) is 0 Å². The van der Waals surface area contributed by atoms with Gasteiger partial charge in [-0.2, -0.15) is 5.26 Å². The van der Waals surface area contributed by atoms with Crippen molar-refractivity contribution < 1.29 is 0 Å². The van der Waals surface area contributed by atoms with Gasteiger partial charge in [0.05, 0.1) is 18.2 Å². The zero-order valence-corrected chi connectivity index (χ0v) is 7.94. The lowest BCUT2D eigenvalue weighted by atomic mass is 10.0. The van der Waals surface area contributed by atoms with Crippen LogP contribution in [0.25, 0.3) is 10.4 Å². The second kappa shape index (κ2) is 4.90. The summed E-state index contributed by atoms with van der Waals surface area (Å²) in [5.41, 5.74) is 10.9. The monoisotopic (exact) mass is 186 g/mol. The van der Waals surface area contributed by atoms with Gasteiger partial charge in [0.2, 0.25) is 0 Å². The molecule has 0 saturated heterocycles. The van der Waals surface area contributed by atoms with E-state index < -0.39 is 0 Å². The minimum absolute atomic E-state index is 0.353. The van der Waals surface area contributed by atoms with Gasteiger partial charge in [0, 0.05) is 4.91 Å². The molecule has 0 aliphatic rings. The average molecular weight is 186 g/mol. The van der Waals surface area contributed by atoms with E-state index in [4.69, 9.17) is 10.8 Å². The summed E-state index contributed by atoms with van der Waals surface area (Å²) >= 11 is 0. The molecular weight excluding hydrogens is 176 g/mol. The van der Waals surface area contributed by atoms with Crippen LogP contribution in [-0.4, -0.2) is 0 Å². The maximum absolute atomic E-state index is 8.69. The molecule has 0 unspecified atom stereocenters. The first kappa shape index (κ1) is 10.1. The van der Waals surface area contributed by atoms with Crippen molar-refractivity contribution >= 4 is 0 Å². The van der Waals surface area contributed by atoms with Crippen LogP contribution >= 0.6 is 0 Å². The SMILES string of the molecule is CCc1cc(C#N)ccc1CN=[N+]=[N-]. The highest BCUT2D eigenvalue weighted by atomic mass is 15.1. The molecule has 0 aliphatic carbocycles. The van der Waals surface area contributed by atoms with E-state index in [0.29, 0.717) is 12.1 Å². The Morgan fingerprint density at radius 1 is 1.50 bits per heavy atom. The number of nitrogens with zero attached hydrogens (tertiary/aromatic N) is 4. The van der Waals surface area contributed by atoms with Crippen LogP contribution in [0.15, 0.2) is 23.3 Å². The van der Waals surface area contributed by atoms with E-state index in [9.17, 15) is 0 Å². The highest BCUT2D eigenvalue weighted by Gasteiger charge is 2.00. The van der Waals surface area contributed by atoms with Crippen molar-refractivity contribution in [3.63, 3.8) is 0 Å². The van der Waals surface area contributed by atoms with Crippen molar-refractivity contribution in [2.24, 2.45) is 5.11 Å². The molecule has 1 aromatic carbocycles. The first-order valence-corrected chi connectivity index (χ1v) is 4.34. The van der Waals surface area contributed by atoms with E-state index in [1.165, 1.54) is 0 Å². The van der Waals surface area contributed by atoms with Crippen molar-refractivity contribution in [3.8, 4) is 6.07 Å². The van der Waals surface area contributed by atoms with E-state index in [2.05, 4.69) is 16.1 Å². The molecule has 0 atom stereocenters. The standard InChI is InChI=1S/C10H10N4/c1-2-9-5-8(6-11)3-4-10(9)7-13-14-12/h3-5H,2,7H2,1H3. The van der Waals surface area contributed by atoms with Crippen molar-refractivity contribution in [1.29, 1.82) is 5.26 Å². The van der Waals surface area contributed by atoms with Gasteiger partial charge in [-0.15, -0.1) is 0 Å². The summed E-state index contributed by atoms with van der Waals surface area (Å²) in [5.74, 6) is 0. The summed E-state index contributed by atoms with van der Waals surface area (Å²) in [5, 5.41) is 12.2. The highest BCUT2D eigenvalue weighted by Crippen LogP contribution is 2.13. The van der Waals surface area contributed by atoms with Crippen LogP contribution in [-0.2, 0) is 13.0 Å². The van der Waals surface area contributed by atoms with Gasteiger partial charge >= 0.3 is 0 Å². The molecule has 0 radical (unpaired) electrons. The Hall–Kier alpha value is -1.98. The van der Waals surface area contributed by atoms with E-state index in [1.807, 2.05) is 19.1 Å². The predicted octanol–water partition coefficient (Wildman–Crippen LogP) is 2.93. The second-order valence-corrected chi connectivity index (χ2v) is 2.84. The number of hydrogen-bond acceptors (Lipinski definition) is 2. The maximum atomic E-state index is 8.69. The van der Waals surface area contributed by atoms with Gasteiger partial charge in [-0.25, -0.2) is 0 Å². The molecule has 0 amide bonds. The molecule has 0 heterocycles. The summed E-state index contributed by atoms with van der Waals surface area (Å²) in [7, 11) is 0. The molecule has 0 spiro atoms. The van der Waals surface area contributed by atoms with Gasteiger partial charge in [-0.3, -0.25) is 0 Å². The molecule has 4 nitrogen and oxygen atoms in total. The highest BCUT2D eigenvalue weighted by molar-refractivity contribution is 5.38. The fourth-order valence-electron chi connectivity index (χ4n) is 1.29. The Labute approximate surface area is 82.4 Å². The normalized spacial score (nSPS) is 8.86. The fourth-order valence-corrected chi connectivity index (χ4v) is 1.29. The lowest BCUT2D eigenvalue weighted by Crippen LogP contribution is -1.91. The summed E-state index contributed by atoms with van der Waals surface area (Å²) in [6, 6.07) is 7.49. The average Bonchev–Trinajstić information content (AvgIpc) is 2.26. The van der Waals surface area contributed by atoms with Crippen molar-refractivity contribution in [2.75, 3.05) is 0 Å². The smallest absolute Gasteiger partial charge is 0.0991 e. The molecular formula is C10H10N4. The van der Waals surface area contributed by atoms with Gasteiger partial charge in [0.1, 0.15) is 0 Å². The molecule has 1 aromatic rings. The van der Waals surface area contributed by atoms with Gasteiger partial charge in [0.25, 0.3) is 0 Å². The molecule has 70 valence electrons. The molecule has 0 aromatic heterocycles. The Bertz CT molecular complexity index is 411. The summed E-state index contributed by atoms with van der Waals surface area (Å²) in [6.07, 6.45) is 0.839. The Balaban J connectivity index is 3.06. The summed E-state index contributed by atoms with van der Waals surface area (Å²) in [4.78, 5) is 2.71. The van der Waals surface area contributed by atoms with Crippen LogP contribution in [0.4, 0.5) is 0 Å². The third-order valence-electron chi connectivity index (χ3n) is 2.02. The zero-order chi connectivity index (χ0) is 10.4. The Morgan fingerprint density at radius 2 is 2.29 bits per heavy atom. The maximum Gasteiger partial charge on any atom is 0.0991 e.